The molecular weight excluding hydrogens is 224 g/mol. The van der Waals surface area contributed by atoms with Gasteiger partial charge in [0.1, 0.15) is 0 Å². The Balaban J connectivity index is 2.05. The van der Waals surface area contributed by atoms with Crippen LogP contribution in [0.2, 0.25) is 0 Å². The van der Waals surface area contributed by atoms with Gasteiger partial charge in [0.2, 0.25) is 0 Å². The maximum Gasteiger partial charge on any atom is 0.317 e. The van der Waals surface area contributed by atoms with E-state index in [1.807, 2.05) is 13.8 Å². The lowest BCUT2D eigenvalue weighted by Gasteiger charge is -2.38. The minimum atomic E-state index is -0.805. The summed E-state index contributed by atoms with van der Waals surface area (Å²) >= 11 is 0. The first kappa shape index (κ1) is 13.8. The van der Waals surface area contributed by atoms with Crippen molar-refractivity contribution in [1.82, 2.24) is 10.2 Å². The van der Waals surface area contributed by atoms with Crippen LogP contribution in [0, 0.1) is 5.92 Å². The summed E-state index contributed by atoms with van der Waals surface area (Å²) in [5, 5.41) is 11.3. The van der Waals surface area contributed by atoms with Crippen molar-refractivity contribution < 1.29 is 19.4 Å². The van der Waals surface area contributed by atoms with Gasteiger partial charge in [-0.2, -0.15) is 0 Å². The fraction of sp³-hybridized carbons (Fsp3) is 0.818. The number of likely N-dealkylation sites (tertiary alicyclic amines) is 1. The monoisotopic (exact) mass is 244 g/mol. The zero-order chi connectivity index (χ0) is 12.8. The van der Waals surface area contributed by atoms with Crippen molar-refractivity contribution in [2.24, 2.45) is 5.92 Å². The molecule has 1 rings (SSSR count). The SMILES string of the molecule is CC(C)OCCNC(=O)N1CC(CC(=O)O)C1. The van der Waals surface area contributed by atoms with Crippen molar-refractivity contribution >= 4 is 12.0 Å². The Morgan fingerprint density at radius 1 is 1.47 bits per heavy atom. The number of carbonyl (C=O) groups is 2. The number of ether oxygens (including phenoxy) is 1. The Morgan fingerprint density at radius 2 is 2.12 bits per heavy atom. The maximum atomic E-state index is 11.5. The summed E-state index contributed by atoms with van der Waals surface area (Å²) in [4.78, 5) is 23.5. The van der Waals surface area contributed by atoms with Gasteiger partial charge in [0, 0.05) is 25.6 Å². The molecule has 98 valence electrons. The van der Waals surface area contributed by atoms with E-state index in [-0.39, 0.29) is 24.5 Å². The lowest BCUT2D eigenvalue weighted by molar-refractivity contribution is -0.139. The van der Waals surface area contributed by atoms with Gasteiger partial charge in [-0.1, -0.05) is 0 Å². The number of rotatable bonds is 6. The minimum absolute atomic E-state index is 0.102. The van der Waals surface area contributed by atoms with E-state index in [0.29, 0.717) is 26.2 Å². The maximum absolute atomic E-state index is 11.5. The molecule has 2 amide bonds. The van der Waals surface area contributed by atoms with Crippen LogP contribution in [-0.2, 0) is 9.53 Å². The van der Waals surface area contributed by atoms with Crippen molar-refractivity contribution in [3.05, 3.63) is 0 Å². The normalized spacial score (nSPS) is 15.8. The number of carboxylic acids is 1. The van der Waals surface area contributed by atoms with E-state index in [0.717, 1.165) is 0 Å². The van der Waals surface area contributed by atoms with Gasteiger partial charge in [-0.05, 0) is 13.8 Å². The second-order valence-corrected chi connectivity index (χ2v) is 4.52. The lowest BCUT2D eigenvalue weighted by atomic mass is 9.97. The highest BCUT2D eigenvalue weighted by Crippen LogP contribution is 2.18. The first-order valence-electron chi connectivity index (χ1n) is 5.85. The van der Waals surface area contributed by atoms with Gasteiger partial charge in [0.25, 0.3) is 0 Å². The first-order chi connectivity index (χ1) is 7.99. The predicted octanol–water partition coefficient (Wildman–Crippen LogP) is 0.527. The summed E-state index contributed by atoms with van der Waals surface area (Å²) in [6.07, 6.45) is 0.302. The van der Waals surface area contributed by atoms with E-state index in [2.05, 4.69) is 5.32 Å². The van der Waals surface area contributed by atoms with Crippen LogP contribution in [0.4, 0.5) is 4.79 Å². The highest BCUT2D eigenvalue weighted by atomic mass is 16.5. The van der Waals surface area contributed by atoms with Gasteiger partial charge in [-0.25, -0.2) is 4.79 Å². The Labute approximate surface area is 101 Å². The molecule has 6 heteroatoms. The van der Waals surface area contributed by atoms with Crippen LogP contribution in [0.1, 0.15) is 20.3 Å². The summed E-state index contributed by atoms with van der Waals surface area (Å²) in [7, 11) is 0. The van der Waals surface area contributed by atoms with Crippen LogP contribution in [0.25, 0.3) is 0 Å². The van der Waals surface area contributed by atoms with E-state index in [4.69, 9.17) is 9.84 Å². The number of hydrogen-bond donors (Lipinski definition) is 2. The first-order valence-corrected chi connectivity index (χ1v) is 5.85. The van der Waals surface area contributed by atoms with Crippen LogP contribution in [0.15, 0.2) is 0 Å². The highest BCUT2D eigenvalue weighted by Gasteiger charge is 2.31. The van der Waals surface area contributed by atoms with Crippen LogP contribution in [0.3, 0.4) is 0 Å². The molecule has 0 aromatic heterocycles. The molecule has 0 unspecified atom stereocenters. The zero-order valence-corrected chi connectivity index (χ0v) is 10.3. The summed E-state index contributed by atoms with van der Waals surface area (Å²) in [5.41, 5.74) is 0. The zero-order valence-electron chi connectivity index (χ0n) is 10.3. The minimum Gasteiger partial charge on any atom is -0.481 e. The van der Waals surface area contributed by atoms with Crippen LogP contribution < -0.4 is 5.32 Å². The fourth-order valence-corrected chi connectivity index (χ4v) is 1.68. The Kier molecular flexibility index (Phi) is 5.21. The molecule has 6 nitrogen and oxygen atoms in total. The topological polar surface area (TPSA) is 78.9 Å². The van der Waals surface area contributed by atoms with E-state index in [9.17, 15) is 9.59 Å². The molecule has 1 aliphatic heterocycles. The van der Waals surface area contributed by atoms with Gasteiger partial charge in [0.15, 0.2) is 0 Å². The molecule has 0 radical (unpaired) electrons. The molecule has 1 aliphatic rings. The number of nitrogens with one attached hydrogen (secondary N) is 1. The molecular formula is C11H20N2O4. The molecule has 17 heavy (non-hydrogen) atoms. The second-order valence-electron chi connectivity index (χ2n) is 4.52. The third-order valence-electron chi connectivity index (χ3n) is 2.54. The third-order valence-corrected chi connectivity index (χ3v) is 2.54. The molecule has 0 aromatic carbocycles. The van der Waals surface area contributed by atoms with Gasteiger partial charge in [-0.15, -0.1) is 0 Å². The number of urea groups is 1. The number of aliphatic carboxylic acids is 1. The molecule has 0 aliphatic carbocycles. The number of amides is 2. The number of hydrogen-bond acceptors (Lipinski definition) is 3. The highest BCUT2D eigenvalue weighted by molar-refractivity contribution is 5.75. The van der Waals surface area contributed by atoms with Crippen LogP contribution in [-0.4, -0.2) is 54.4 Å². The summed E-state index contributed by atoms with van der Waals surface area (Å²) in [6, 6.07) is -0.140. The van der Waals surface area contributed by atoms with E-state index >= 15 is 0 Å². The molecule has 2 N–H and O–H groups in total. The largest absolute Gasteiger partial charge is 0.481 e. The van der Waals surface area contributed by atoms with Gasteiger partial charge >= 0.3 is 12.0 Å². The smallest absolute Gasteiger partial charge is 0.317 e. The molecule has 0 saturated carbocycles. The number of carboxylic acid groups (broad SMARTS) is 1. The van der Waals surface area contributed by atoms with E-state index < -0.39 is 5.97 Å². The predicted molar refractivity (Wildman–Crippen MR) is 61.8 cm³/mol. The Morgan fingerprint density at radius 3 is 2.65 bits per heavy atom. The quantitative estimate of drug-likeness (QED) is 0.668. The molecule has 1 fully saturated rings. The number of carbonyl (C=O) groups excluding carboxylic acids is 1. The van der Waals surface area contributed by atoms with Crippen LogP contribution in [0.5, 0.6) is 0 Å². The van der Waals surface area contributed by atoms with Gasteiger partial charge in [-0.3, -0.25) is 4.79 Å². The van der Waals surface area contributed by atoms with Crippen molar-refractivity contribution in [3.63, 3.8) is 0 Å². The Hall–Kier alpha value is -1.30. The standard InChI is InChI=1S/C11H20N2O4/c1-8(2)17-4-3-12-11(16)13-6-9(7-13)5-10(14)15/h8-9H,3-7H2,1-2H3,(H,12,16)(H,14,15). The number of nitrogens with zero attached hydrogens (tertiary/aromatic N) is 1. The van der Waals surface area contributed by atoms with Crippen molar-refractivity contribution in [2.75, 3.05) is 26.2 Å². The van der Waals surface area contributed by atoms with Crippen molar-refractivity contribution in [3.8, 4) is 0 Å². The van der Waals surface area contributed by atoms with E-state index in [1.54, 1.807) is 4.90 Å². The average molecular weight is 244 g/mol. The summed E-state index contributed by atoms with van der Waals surface area (Å²) in [6.45, 7) is 5.92. The average Bonchev–Trinajstić information content (AvgIpc) is 2.16. The second kappa shape index (κ2) is 6.44. The van der Waals surface area contributed by atoms with Crippen LogP contribution >= 0.6 is 0 Å². The third kappa shape index (κ3) is 5.04. The molecule has 0 aromatic rings. The molecule has 0 spiro atoms. The van der Waals surface area contributed by atoms with E-state index in [1.165, 1.54) is 0 Å². The molecule has 0 bridgehead atoms. The summed E-state index contributed by atoms with van der Waals surface area (Å²) in [5.74, 6) is -0.703. The lowest BCUT2D eigenvalue weighted by Crippen LogP contribution is -2.54. The van der Waals surface area contributed by atoms with Crippen molar-refractivity contribution in [1.29, 1.82) is 0 Å². The van der Waals surface area contributed by atoms with Gasteiger partial charge < -0.3 is 20.1 Å². The molecule has 1 saturated heterocycles. The fourth-order valence-electron chi connectivity index (χ4n) is 1.68. The Bertz CT molecular complexity index is 275. The van der Waals surface area contributed by atoms with Gasteiger partial charge in [0.05, 0.1) is 19.1 Å². The summed E-state index contributed by atoms with van der Waals surface area (Å²) < 4.78 is 5.29. The molecule has 0 atom stereocenters. The van der Waals surface area contributed by atoms with Crippen molar-refractivity contribution in [2.45, 2.75) is 26.4 Å². The molecule has 1 heterocycles.